The number of benzene rings is 3. The van der Waals surface area contributed by atoms with Crippen LogP contribution in [0.2, 0.25) is 0 Å². The molecule has 3 aromatic carbocycles. The Morgan fingerprint density at radius 1 is 1.05 bits per heavy atom. The maximum Gasteiger partial charge on any atom is 0.335 e. The van der Waals surface area contributed by atoms with Gasteiger partial charge in [0.15, 0.2) is 4.80 Å². The predicted octanol–water partition coefficient (Wildman–Crippen LogP) is 5.29. The number of ether oxygens (including phenoxy) is 1. The molecule has 0 spiro atoms. The summed E-state index contributed by atoms with van der Waals surface area (Å²) in [6.07, 6.45) is 3.42. The zero-order chi connectivity index (χ0) is 28.1. The lowest BCUT2D eigenvalue weighted by Crippen LogP contribution is -2.38. The van der Waals surface area contributed by atoms with Crippen molar-refractivity contribution in [3.63, 3.8) is 0 Å². The van der Waals surface area contributed by atoms with Gasteiger partial charge in [0.05, 0.1) is 28.9 Å². The van der Waals surface area contributed by atoms with Gasteiger partial charge in [-0.05, 0) is 65.9 Å². The zero-order valence-electron chi connectivity index (χ0n) is 22.0. The summed E-state index contributed by atoms with van der Waals surface area (Å²) in [6.45, 7) is 0. The maximum absolute atomic E-state index is 14.0. The number of aryl methyl sites for hydroxylation is 1. The Kier molecular flexibility index (Phi) is 6.05. The van der Waals surface area contributed by atoms with Crippen LogP contribution in [-0.4, -0.2) is 22.8 Å². The van der Waals surface area contributed by atoms with Crippen LogP contribution in [0.15, 0.2) is 105 Å². The van der Waals surface area contributed by atoms with E-state index in [9.17, 15) is 14.7 Å². The number of carbonyl (C=O) groups is 1. The summed E-state index contributed by atoms with van der Waals surface area (Å²) in [5.74, 6) is 0.747. The molecule has 2 aromatic heterocycles. The van der Waals surface area contributed by atoms with Crippen LogP contribution in [0.3, 0.4) is 0 Å². The monoisotopic (exact) mass is 560 g/mol. The SMILES string of the molecule is COc1cccc([C@@H]2C3=C(N=c4s/c(=C/c5ccc(-c6cccc(C(=O)O)c6)o5)c(=O)n42)c2ccccc2CC3)c1. The summed E-state index contributed by atoms with van der Waals surface area (Å²) in [5.41, 5.74) is 6.08. The second-order valence-corrected chi connectivity index (χ2v) is 11.0. The molecule has 1 atom stereocenters. The van der Waals surface area contributed by atoms with Crippen molar-refractivity contribution in [1.82, 2.24) is 4.57 Å². The Morgan fingerprint density at radius 3 is 2.76 bits per heavy atom. The number of hydrogen-bond acceptors (Lipinski definition) is 6. The van der Waals surface area contributed by atoms with Gasteiger partial charge in [0.2, 0.25) is 0 Å². The average Bonchev–Trinajstić information content (AvgIpc) is 3.60. The van der Waals surface area contributed by atoms with Crippen LogP contribution in [0.1, 0.15) is 45.3 Å². The Morgan fingerprint density at radius 2 is 1.90 bits per heavy atom. The smallest absolute Gasteiger partial charge is 0.335 e. The first kappa shape index (κ1) is 25.0. The molecular weight excluding hydrogens is 536 g/mol. The number of thiazole rings is 1. The lowest BCUT2D eigenvalue weighted by Gasteiger charge is -2.31. The summed E-state index contributed by atoms with van der Waals surface area (Å²) in [7, 11) is 1.64. The van der Waals surface area contributed by atoms with Gasteiger partial charge in [0.25, 0.3) is 5.56 Å². The first-order valence-corrected chi connectivity index (χ1v) is 14.0. The molecule has 0 radical (unpaired) electrons. The van der Waals surface area contributed by atoms with Gasteiger partial charge in [-0.25, -0.2) is 9.79 Å². The molecule has 0 unspecified atom stereocenters. The summed E-state index contributed by atoms with van der Waals surface area (Å²) >= 11 is 1.33. The van der Waals surface area contributed by atoms with Gasteiger partial charge in [-0.15, -0.1) is 0 Å². The van der Waals surface area contributed by atoms with Crippen LogP contribution in [0.5, 0.6) is 5.75 Å². The highest BCUT2D eigenvalue weighted by molar-refractivity contribution is 7.07. The van der Waals surface area contributed by atoms with E-state index in [4.69, 9.17) is 14.1 Å². The zero-order valence-corrected chi connectivity index (χ0v) is 22.9. The minimum Gasteiger partial charge on any atom is -0.497 e. The lowest BCUT2D eigenvalue weighted by atomic mass is 9.83. The van der Waals surface area contributed by atoms with E-state index in [1.165, 1.54) is 23.0 Å². The highest BCUT2D eigenvalue weighted by Crippen LogP contribution is 2.41. The van der Waals surface area contributed by atoms with Crippen LogP contribution in [0, 0.1) is 0 Å². The quantitative estimate of drug-likeness (QED) is 0.316. The third-order valence-electron chi connectivity index (χ3n) is 7.58. The van der Waals surface area contributed by atoms with E-state index in [-0.39, 0.29) is 17.2 Å². The van der Waals surface area contributed by atoms with Crippen molar-refractivity contribution >= 4 is 29.1 Å². The van der Waals surface area contributed by atoms with E-state index in [1.807, 2.05) is 30.3 Å². The van der Waals surface area contributed by atoms with E-state index >= 15 is 0 Å². The Bertz CT molecular complexity index is 2060. The standard InChI is InChI=1S/C33H24N2O5S/c1-39-23-10-5-8-21(17-23)30-26-14-12-19-6-2-3-11-25(19)29(26)34-33-35(30)31(36)28(41-33)18-24-13-15-27(40-24)20-7-4-9-22(16-20)32(37)38/h2-11,13,15-18,30H,12,14H2,1H3,(H,37,38)/b28-18+/t30-/m1/s1. The third-order valence-corrected chi connectivity index (χ3v) is 8.56. The topological polar surface area (TPSA) is 94.0 Å². The number of methoxy groups -OCH3 is 1. The number of aromatic nitrogens is 1. The van der Waals surface area contributed by atoms with Crippen LogP contribution in [-0.2, 0) is 6.42 Å². The second kappa shape index (κ2) is 9.91. The van der Waals surface area contributed by atoms with E-state index < -0.39 is 5.97 Å². The first-order chi connectivity index (χ1) is 20.0. The molecule has 1 N–H and O–H groups in total. The van der Waals surface area contributed by atoms with Crippen molar-refractivity contribution < 1.29 is 19.1 Å². The van der Waals surface area contributed by atoms with Crippen LogP contribution in [0.4, 0.5) is 0 Å². The lowest BCUT2D eigenvalue weighted by molar-refractivity contribution is 0.0697. The van der Waals surface area contributed by atoms with Gasteiger partial charge < -0.3 is 14.3 Å². The highest BCUT2D eigenvalue weighted by atomic mass is 32.1. The molecule has 0 amide bonds. The number of rotatable bonds is 5. The van der Waals surface area contributed by atoms with E-state index in [1.54, 1.807) is 48.1 Å². The Balaban J connectivity index is 1.38. The molecular formula is C33H24N2O5S. The summed E-state index contributed by atoms with van der Waals surface area (Å²) in [5, 5.41) is 9.34. The first-order valence-electron chi connectivity index (χ1n) is 13.2. The molecule has 0 fully saturated rings. The number of furan rings is 1. The summed E-state index contributed by atoms with van der Waals surface area (Å²) < 4.78 is 13.8. The van der Waals surface area contributed by atoms with Crippen LogP contribution >= 0.6 is 11.3 Å². The van der Waals surface area contributed by atoms with Crippen molar-refractivity contribution in [3.05, 3.63) is 138 Å². The molecule has 41 heavy (non-hydrogen) atoms. The highest BCUT2D eigenvalue weighted by Gasteiger charge is 2.32. The second-order valence-electron chi connectivity index (χ2n) is 9.98. The molecule has 0 bridgehead atoms. The largest absolute Gasteiger partial charge is 0.497 e. The number of hydrogen-bond donors (Lipinski definition) is 1. The molecule has 0 saturated carbocycles. The van der Waals surface area contributed by atoms with Gasteiger partial charge in [-0.3, -0.25) is 9.36 Å². The molecule has 1 aliphatic carbocycles. The number of allylic oxidation sites excluding steroid dienone is 1. The van der Waals surface area contributed by atoms with Crippen molar-refractivity contribution in [2.24, 2.45) is 4.99 Å². The Labute approximate surface area is 238 Å². The predicted molar refractivity (Wildman–Crippen MR) is 157 cm³/mol. The van der Waals surface area contributed by atoms with E-state index in [2.05, 4.69) is 18.2 Å². The number of carboxylic acids is 1. The fraction of sp³-hybridized carbons (Fsp3) is 0.121. The van der Waals surface area contributed by atoms with Crippen molar-refractivity contribution in [1.29, 1.82) is 0 Å². The molecule has 0 saturated heterocycles. The normalized spacial score (nSPS) is 16.0. The number of nitrogens with zero attached hydrogens (tertiary/aromatic N) is 2. The molecule has 7 rings (SSSR count). The van der Waals surface area contributed by atoms with Gasteiger partial charge >= 0.3 is 5.97 Å². The number of aromatic carboxylic acids is 1. The number of carboxylic acid groups (broad SMARTS) is 1. The minimum absolute atomic E-state index is 0.141. The Hall–Kier alpha value is -4.95. The summed E-state index contributed by atoms with van der Waals surface area (Å²) in [4.78, 5) is 31.1. The third kappa shape index (κ3) is 4.33. The van der Waals surface area contributed by atoms with Gasteiger partial charge in [0.1, 0.15) is 17.3 Å². The minimum atomic E-state index is -1.00. The molecule has 202 valence electrons. The van der Waals surface area contributed by atoms with Gasteiger partial charge in [-0.1, -0.05) is 59.9 Å². The number of fused-ring (bicyclic) bond motifs is 3. The fourth-order valence-corrected chi connectivity index (χ4v) is 6.64. The molecule has 2 aliphatic rings. The van der Waals surface area contributed by atoms with Gasteiger partial charge in [0, 0.05) is 17.2 Å². The molecule has 5 aromatic rings. The molecule has 3 heterocycles. The van der Waals surface area contributed by atoms with Crippen molar-refractivity contribution in [2.75, 3.05) is 7.11 Å². The van der Waals surface area contributed by atoms with E-state index in [0.717, 1.165) is 41.0 Å². The summed E-state index contributed by atoms with van der Waals surface area (Å²) in [6, 6.07) is 26.0. The molecule has 7 nitrogen and oxygen atoms in total. The average molecular weight is 561 g/mol. The van der Waals surface area contributed by atoms with Crippen molar-refractivity contribution in [3.8, 4) is 17.1 Å². The van der Waals surface area contributed by atoms with Crippen molar-refractivity contribution in [2.45, 2.75) is 18.9 Å². The van der Waals surface area contributed by atoms with Gasteiger partial charge in [-0.2, -0.15) is 0 Å². The maximum atomic E-state index is 14.0. The fourth-order valence-electron chi connectivity index (χ4n) is 5.65. The molecule has 8 heteroatoms. The molecule has 1 aliphatic heterocycles. The van der Waals surface area contributed by atoms with Crippen LogP contribution < -0.4 is 19.6 Å². The van der Waals surface area contributed by atoms with Crippen LogP contribution in [0.25, 0.3) is 23.1 Å². The van der Waals surface area contributed by atoms with E-state index in [0.29, 0.717) is 26.4 Å².